The summed E-state index contributed by atoms with van der Waals surface area (Å²) in [5.41, 5.74) is 3.24. The van der Waals surface area contributed by atoms with Gasteiger partial charge in [-0.1, -0.05) is 44.2 Å². The molecule has 1 heterocycles. The average molecular weight is 473 g/mol. The molecule has 0 aromatic heterocycles. The van der Waals surface area contributed by atoms with Crippen molar-refractivity contribution in [1.29, 1.82) is 0 Å². The molecule has 0 radical (unpaired) electrons. The topological polar surface area (TPSA) is 85.9 Å². The molecule has 7 nitrogen and oxygen atoms in total. The second-order valence-electron chi connectivity index (χ2n) is 8.43. The predicted octanol–water partition coefficient (Wildman–Crippen LogP) is 5.06. The van der Waals surface area contributed by atoms with Gasteiger partial charge in [0.25, 0.3) is 5.91 Å². The molecule has 7 heteroatoms. The van der Waals surface area contributed by atoms with Crippen molar-refractivity contribution in [2.75, 3.05) is 19.2 Å². The molecule has 35 heavy (non-hydrogen) atoms. The van der Waals surface area contributed by atoms with Gasteiger partial charge in [0.05, 0.1) is 7.11 Å². The normalized spacial score (nSPS) is 13.0. The minimum absolute atomic E-state index is 0.182. The third kappa shape index (κ3) is 6.00. The lowest BCUT2D eigenvalue weighted by Gasteiger charge is -2.19. The molecule has 0 saturated heterocycles. The lowest BCUT2D eigenvalue weighted by molar-refractivity contribution is -0.123. The number of anilines is 1. The molecule has 0 bridgehead atoms. The first-order valence-electron chi connectivity index (χ1n) is 11.4. The van der Waals surface area contributed by atoms with E-state index in [1.165, 1.54) is 11.6 Å². The van der Waals surface area contributed by atoms with Crippen molar-refractivity contribution in [3.05, 3.63) is 89.5 Å². The number of ether oxygens (including phenoxy) is 3. The van der Waals surface area contributed by atoms with E-state index < -0.39 is 11.9 Å². The highest BCUT2D eigenvalue weighted by Crippen LogP contribution is 2.32. The van der Waals surface area contributed by atoms with E-state index in [-0.39, 0.29) is 12.7 Å². The molecule has 1 atom stereocenters. The number of carbonyl (C=O) groups is 2. The molecular formula is C28H28N2O5. The molecule has 0 unspecified atom stereocenters. The van der Waals surface area contributed by atoms with E-state index in [2.05, 4.69) is 24.5 Å². The van der Waals surface area contributed by atoms with Crippen molar-refractivity contribution < 1.29 is 23.8 Å². The Morgan fingerprint density at radius 2 is 1.60 bits per heavy atom. The molecule has 4 rings (SSSR count). The Hall–Kier alpha value is -4.26. The Balaban J connectivity index is 1.50. The van der Waals surface area contributed by atoms with Crippen LogP contribution in [0.3, 0.4) is 0 Å². The van der Waals surface area contributed by atoms with Gasteiger partial charge in [-0.3, -0.25) is 9.59 Å². The van der Waals surface area contributed by atoms with Crippen LogP contribution >= 0.6 is 0 Å². The highest BCUT2D eigenvalue weighted by atomic mass is 16.7. The fourth-order valence-corrected chi connectivity index (χ4v) is 3.64. The second kappa shape index (κ2) is 10.8. The van der Waals surface area contributed by atoms with Gasteiger partial charge < -0.3 is 24.8 Å². The van der Waals surface area contributed by atoms with Gasteiger partial charge in [0.1, 0.15) is 11.8 Å². The molecule has 1 aliphatic rings. The van der Waals surface area contributed by atoms with Gasteiger partial charge in [-0.25, -0.2) is 0 Å². The SMILES string of the molecule is COc1ccc([C@@H](NC(=O)/C=C/c2ccc3c(c2)OCO3)C(=O)Nc2ccc(C(C)C)cc2)cc1. The number of fused-ring (bicyclic) bond motifs is 1. The standard InChI is InChI=1S/C28H28N2O5/c1-18(2)20-6-10-22(11-7-20)29-28(32)27(21-8-12-23(33-3)13-9-21)30-26(31)15-5-19-4-14-24-25(16-19)35-17-34-24/h4-16,18,27H,17H2,1-3H3,(H,29,32)(H,30,31)/b15-5+/t27-/m1/s1. The highest BCUT2D eigenvalue weighted by Gasteiger charge is 2.22. The Morgan fingerprint density at radius 3 is 2.29 bits per heavy atom. The summed E-state index contributed by atoms with van der Waals surface area (Å²) < 4.78 is 15.9. The van der Waals surface area contributed by atoms with Crippen LogP contribution in [0.1, 0.15) is 42.5 Å². The maximum Gasteiger partial charge on any atom is 0.251 e. The molecule has 180 valence electrons. The van der Waals surface area contributed by atoms with Gasteiger partial charge in [-0.05, 0) is 65.1 Å². The van der Waals surface area contributed by atoms with Gasteiger partial charge in [0, 0.05) is 11.8 Å². The minimum Gasteiger partial charge on any atom is -0.497 e. The number of rotatable bonds is 8. The summed E-state index contributed by atoms with van der Waals surface area (Å²) in [7, 11) is 1.57. The fraction of sp³-hybridized carbons (Fsp3) is 0.214. The van der Waals surface area contributed by atoms with Crippen molar-refractivity contribution in [3.63, 3.8) is 0 Å². The summed E-state index contributed by atoms with van der Waals surface area (Å²) in [4.78, 5) is 26.0. The van der Waals surface area contributed by atoms with Gasteiger partial charge in [-0.2, -0.15) is 0 Å². The molecule has 1 aliphatic heterocycles. The van der Waals surface area contributed by atoms with E-state index in [0.29, 0.717) is 34.4 Å². The number of nitrogens with one attached hydrogen (secondary N) is 2. The molecule has 0 spiro atoms. The molecule has 0 aliphatic carbocycles. The van der Waals surface area contributed by atoms with Crippen molar-refractivity contribution in [2.24, 2.45) is 0 Å². The van der Waals surface area contributed by atoms with Crippen LogP contribution in [0.15, 0.2) is 72.8 Å². The smallest absolute Gasteiger partial charge is 0.251 e. The number of carbonyl (C=O) groups excluding carboxylic acids is 2. The first-order chi connectivity index (χ1) is 16.9. The van der Waals surface area contributed by atoms with Crippen LogP contribution in [-0.4, -0.2) is 25.7 Å². The number of amides is 2. The summed E-state index contributed by atoms with van der Waals surface area (Å²) in [6.07, 6.45) is 3.05. The van der Waals surface area contributed by atoms with E-state index >= 15 is 0 Å². The maximum atomic E-state index is 13.2. The molecule has 2 N–H and O–H groups in total. The Kier molecular flexibility index (Phi) is 7.35. The Bertz CT molecular complexity index is 1220. The number of methoxy groups -OCH3 is 1. The lowest BCUT2D eigenvalue weighted by Crippen LogP contribution is -2.36. The first-order valence-corrected chi connectivity index (χ1v) is 11.4. The van der Waals surface area contributed by atoms with Gasteiger partial charge >= 0.3 is 0 Å². The molecule has 3 aromatic rings. The monoisotopic (exact) mass is 472 g/mol. The number of hydrogen-bond acceptors (Lipinski definition) is 5. The van der Waals surface area contributed by atoms with Crippen molar-refractivity contribution >= 4 is 23.6 Å². The fourth-order valence-electron chi connectivity index (χ4n) is 3.64. The number of hydrogen-bond donors (Lipinski definition) is 2. The summed E-state index contributed by atoms with van der Waals surface area (Å²) >= 11 is 0. The van der Waals surface area contributed by atoms with E-state index in [0.717, 1.165) is 5.56 Å². The molecule has 0 fully saturated rings. The Labute approximate surface area is 204 Å². The summed E-state index contributed by atoms with van der Waals surface area (Å²) in [5.74, 6) is 1.59. The van der Waals surface area contributed by atoms with E-state index in [1.54, 1.807) is 49.6 Å². The zero-order valence-corrected chi connectivity index (χ0v) is 19.9. The van der Waals surface area contributed by atoms with Gasteiger partial charge in [-0.15, -0.1) is 0 Å². The van der Waals surface area contributed by atoms with Crippen LogP contribution in [0.2, 0.25) is 0 Å². The quantitative estimate of drug-likeness (QED) is 0.448. The molecular weight excluding hydrogens is 444 g/mol. The maximum absolute atomic E-state index is 13.2. The van der Waals surface area contributed by atoms with Crippen molar-refractivity contribution in [1.82, 2.24) is 5.32 Å². The lowest BCUT2D eigenvalue weighted by atomic mass is 10.0. The third-order valence-electron chi connectivity index (χ3n) is 5.67. The summed E-state index contributed by atoms with van der Waals surface area (Å²) in [6, 6.07) is 19.2. The predicted molar refractivity (Wildman–Crippen MR) is 135 cm³/mol. The zero-order chi connectivity index (χ0) is 24.8. The minimum atomic E-state index is -0.903. The molecule has 0 saturated carbocycles. The van der Waals surface area contributed by atoms with Crippen LogP contribution in [0, 0.1) is 0 Å². The third-order valence-corrected chi connectivity index (χ3v) is 5.67. The first kappa shape index (κ1) is 23.9. The van der Waals surface area contributed by atoms with E-state index in [1.807, 2.05) is 30.3 Å². The molecule has 3 aromatic carbocycles. The second-order valence-corrected chi connectivity index (χ2v) is 8.43. The van der Waals surface area contributed by atoms with E-state index in [4.69, 9.17) is 14.2 Å². The number of benzene rings is 3. The molecule has 2 amide bonds. The van der Waals surface area contributed by atoms with Crippen LogP contribution < -0.4 is 24.8 Å². The van der Waals surface area contributed by atoms with Gasteiger partial charge in [0.2, 0.25) is 12.7 Å². The highest BCUT2D eigenvalue weighted by molar-refractivity contribution is 6.00. The van der Waals surface area contributed by atoms with Crippen LogP contribution in [-0.2, 0) is 9.59 Å². The Morgan fingerprint density at radius 1 is 0.914 bits per heavy atom. The van der Waals surface area contributed by atoms with Crippen LogP contribution in [0.5, 0.6) is 17.2 Å². The van der Waals surface area contributed by atoms with Gasteiger partial charge in [0.15, 0.2) is 11.5 Å². The van der Waals surface area contributed by atoms with Crippen molar-refractivity contribution in [3.8, 4) is 17.2 Å². The zero-order valence-electron chi connectivity index (χ0n) is 19.9. The summed E-state index contributed by atoms with van der Waals surface area (Å²) in [5, 5.41) is 5.71. The average Bonchev–Trinajstić information content (AvgIpc) is 3.34. The van der Waals surface area contributed by atoms with Crippen LogP contribution in [0.25, 0.3) is 6.08 Å². The largest absolute Gasteiger partial charge is 0.497 e. The van der Waals surface area contributed by atoms with Crippen LogP contribution in [0.4, 0.5) is 5.69 Å². The summed E-state index contributed by atoms with van der Waals surface area (Å²) in [6.45, 7) is 4.40. The van der Waals surface area contributed by atoms with E-state index in [9.17, 15) is 9.59 Å². The van der Waals surface area contributed by atoms with Crippen molar-refractivity contribution in [2.45, 2.75) is 25.8 Å².